The van der Waals surface area contributed by atoms with Gasteiger partial charge in [0, 0.05) is 36.9 Å². The molecule has 0 amide bonds. The predicted molar refractivity (Wildman–Crippen MR) is 140 cm³/mol. The van der Waals surface area contributed by atoms with E-state index in [4.69, 9.17) is 21.1 Å². The van der Waals surface area contributed by atoms with E-state index in [-0.39, 0.29) is 11.4 Å². The van der Waals surface area contributed by atoms with Crippen LogP contribution in [-0.2, 0) is 21.3 Å². The molecule has 1 saturated heterocycles. The van der Waals surface area contributed by atoms with E-state index >= 15 is 0 Å². The molecule has 0 unspecified atom stereocenters. The van der Waals surface area contributed by atoms with E-state index in [0.29, 0.717) is 36.3 Å². The van der Waals surface area contributed by atoms with E-state index in [1.807, 2.05) is 49.5 Å². The molecular formula is C26H28ClN3O4S. The van der Waals surface area contributed by atoms with Crippen molar-refractivity contribution in [1.29, 1.82) is 0 Å². The Morgan fingerprint density at radius 1 is 0.943 bits per heavy atom. The zero-order valence-corrected chi connectivity index (χ0v) is 21.1. The lowest BCUT2D eigenvalue weighted by Crippen LogP contribution is -2.36. The third-order valence-corrected chi connectivity index (χ3v) is 8.37. The summed E-state index contributed by atoms with van der Waals surface area (Å²) in [6.07, 6.45) is 0. The molecule has 9 heteroatoms. The first-order valence-corrected chi connectivity index (χ1v) is 13.4. The summed E-state index contributed by atoms with van der Waals surface area (Å²) in [6, 6.07) is 20.0. The van der Waals surface area contributed by atoms with E-state index < -0.39 is 10.0 Å². The summed E-state index contributed by atoms with van der Waals surface area (Å²) in [6.45, 7) is 4.29. The third-order valence-electron chi connectivity index (χ3n) is 6.35. The van der Waals surface area contributed by atoms with Crippen molar-refractivity contribution in [3.63, 3.8) is 0 Å². The lowest BCUT2D eigenvalue weighted by Gasteiger charge is -2.31. The van der Waals surface area contributed by atoms with Crippen molar-refractivity contribution in [2.24, 2.45) is 0 Å². The number of hydrogen-bond acceptors (Lipinski definition) is 6. The Bertz CT molecular complexity index is 1290. The van der Waals surface area contributed by atoms with Crippen molar-refractivity contribution < 1.29 is 17.9 Å². The molecule has 0 saturated carbocycles. The first-order valence-electron chi connectivity index (χ1n) is 11.6. The Balaban J connectivity index is 1.55. The zero-order chi connectivity index (χ0) is 24.4. The van der Waals surface area contributed by atoms with Crippen LogP contribution in [0.15, 0.2) is 71.6 Å². The molecule has 3 aromatic rings. The van der Waals surface area contributed by atoms with Gasteiger partial charge in [-0.25, -0.2) is 8.42 Å². The molecule has 2 aliphatic rings. The van der Waals surface area contributed by atoms with Crippen LogP contribution < -0.4 is 18.8 Å². The van der Waals surface area contributed by atoms with Crippen LogP contribution in [0.2, 0.25) is 5.02 Å². The Morgan fingerprint density at radius 2 is 1.71 bits per heavy atom. The monoisotopic (exact) mass is 513 g/mol. The number of benzene rings is 3. The Kier molecular flexibility index (Phi) is 6.77. The molecule has 0 aliphatic carbocycles. The molecule has 7 nitrogen and oxygen atoms in total. The molecule has 2 aliphatic heterocycles. The Morgan fingerprint density at radius 3 is 2.49 bits per heavy atom. The van der Waals surface area contributed by atoms with Gasteiger partial charge < -0.3 is 19.3 Å². The number of halogens is 1. The molecule has 184 valence electrons. The normalized spacial score (nSPS) is 15.9. The van der Waals surface area contributed by atoms with Gasteiger partial charge >= 0.3 is 0 Å². The minimum Gasteiger partial charge on any atom is -0.490 e. The van der Waals surface area contributed by atoms with Gasteiger partial charge in [-0.2, -0.15) is 0 Å². The minimum atomic E-state index is -3.90. The van der Waals surface area contributed by atoms with Crippen LogP contribution in [0.5, 0.6) is 5.75 Å². The summed E-state index contributed by atoms with van der Waals surface area (Å²) in [7, 11) is -1.93. The number of sulfonamides is 1. The maximum absolute atomic E-state index is 14.1. The topological polar surface area (TPSA) is 62.3 Å². The number of anilines is 3. The second kappa shape index (κ2) is 9.97. The van der Waals surface area contributed by atoms with Crippen LogP contribution >= 0.6 is 11.6 Å². The van der Waals surface area contributed by atoms with Crippen molar-refractivity contribution >= 4 is 38.7 Å². The number of ether oxygens (including phenoxy) is 2. The summed E-state index contributed by atoms with van der Waals surface area (Å²) < 4.78 is 40.8. The summed E-state index contributed by atoms with van der Waals surface area (Å²) in [5.74, 6) is 0.577. The fourth-order valence-electron chi connectivity index (χ4n) is 4.36. The second-order valence-corrected chi connectivity index (χ2v) is 11.0. The van der Waals surface area contributed by atoms with Gasteiger partial charge in [0.25, 0.3) is 10.0 Å². The molecule has 5 rings (SSSR count). The van der Waals surface area contributed by atoms with E-state index in [9.17, 15) is 8.42 Å². The van der Waals surface area contributed by atoms with Gasteiger partial charge in [0.1, 0.15) is 12.4 Å². The highest BCUT2D eigenvalue weighted by molar-refractivity contribution is 7.92. The molecular weight excluding hydrogens is 486 g/mol. The highest BCUT2D eigenvalue weighted by Gasteiger charge is 2.28. The van der Waals surface area contributed by atoms with Gasteiger partial charge in [-0.15, -0.1) is 0 Å². The summed E-state index contributed by atoms with van der Waals surface area (Å²) in [5, 5.41) is 0.605. The number of nitrogens with zero attached hydrogens (tertiary/aromatic N) is 3. The maximum Gasteiger partial charge on any atom is 0.264 e. The average molecular weight is 514 g/mol. The van der Waals surface area contributed by atoms with Crippen molar-refractivity contribution in [1.82, 2.24) is 0 Å². The molecule has 0 N–H and O–H groups in total. The van der Waals surface area contributed by atoms with Crippen LogP contribution in [-0.4, -0.2) is 54.9 Å². The van der Waals surface area contributed by atoms with Gasteiger partial charge in [0.05, 0.1) is 42.6 Å². The fraction of sp³-hybridized carbons (Fsp3) is 0.308. The van der Waals surface area contributed by atoms with E-state index in [1.54, 1.807) is 24.3 Å². The predicted octanol–water partition coefficient (Wildman–Crippen LogP) is 4.40. The van der Waals surface area contributed by atoms with Crippen molar-refractivity contribution in [3.05, 3.63) is 77.3 Å². The fourth-order valence-corrected chi connectivity index (χ4v) is 5.95. The van der Waals surface area contributed by atoms with E-state index in [0.717, 1.165) is 36.6 Å². The van der Waals surface area contributed by atoms with E-state index in [1.165, 1.54) is 4.31 Å². The molecule has 0 spiro atoms. The zero-order valence-electron chi connectivity index (χ0n) is 19.6. The highest BCUT2D eigenvalue weighted by atomic mass is 35.5. The third kappa shape index (κ3) is 5.05. The summed E-state index contributed by atoms with van der Waals surface area (Å²) in [5.41, 5.74) is 3.29. The van der Waals surface area contributed by atoms with Gasteiger partial charge in [0.15, 0.2) is 0 Å². The van der Waals surface area contributed by atoms with Crippen LogP contribution in [0.1, 0.15) is 5.56 Å². The highest BCUT2D eigenvalue weighted by Crippen LogP contribution is 2.36. The van der Waals surface area contributed by atoms with Gasteiger partial charge in [-0.05, 0) is 48.0 Å². The van der Waals surface area contributed by atoms with Crippen LogP contribution in [0.25, 0.3) is 0 Å². The number of morpholine rings is 1. The SMILES string of the molecule is CN1CCOc2cc(S(=O)(=O)N(Cc3ccc(Cl)cc3)c3cccc(N4CCOCC4)c3)ccc21. The Labute approximate surface area is 211 Å². The van der Waals surface area contributed by atoms with Crippen molar-refractivity contribution in [3.8, 4) is 5.75 Å². The van der Waals surface area contributed by atoms with Gasteiger partial charge in [-0.1, -0.05) is 29.8 Å². The van der Waals surface area contributed by atoms with E-state index in [2.05, 4.69) is 9.80 Å². The summed E-state index contributed by atoms with van der Waals surface area (Å²) >= 11 is 6.07. The van der Waals surface area contributed by atoms with Gasteiger partial charge in [0.2, 0.25) is 0 Å². The first-order chi connectivity index (χ1) is 16.9. The molecule has 35 heavy (non-hydrogen) atoms. The molecule has 0 radical (unpaired) electrons. The number of hydrogen-bond donors (Lipinski definition) is 0. The standard InChI is InChI=1S/C26H28ClN3O4S/c1-28-11-16-34-26-18-24(9-10-25(26)28)35(31,32)30(19-20-5-7-21(27)8-6-20)23-4-2-3-22(17-23)29-12-14-33-15-13-29/h2-10,17-18H,11-16,19H2,1H3. The Hall–Kier alpha value is -2.94. The van der Waals surface area contributed by atoms with Crippen LogP contribution in [0.4, 0.5) is 17.1 Å². The average Bonchev–Trinajstić information content (AvgIpc) is 2.89. The maximum atomic E-state index is 14.1. The first kappa shape index (κ1) is 23.8. The van der Waals surface area contributed by atoms with Crippen LogP contribution in [0.3, 0.4) is 0 Å². The molecule has 0 aromatic heterocycles. The minimum absolute atomic E-state index is 0.171. The smallest absolute Gasteiger partial charge is 0.264 e. The van der Waals surface area contributed by atoms with Crippen LogP contribution in [0, 0.1) is 0 Å². The lowest BCUT2D eigenvalue weighted by atomic mass is 10.2. The number of rotatable bonds is 6. The number of likely N-dealkylation sites (N-methyl/N-ethyl adjacent to an activating group) is 1. The van der Waals surface area contributed by atoms with Crippen molar-refractivity contribution in [2.45, 2.75) is 11.4 Å². The molecule has 2 heterocycles. The van der Waals surface area contributed by atoms with Crippen molar-refractivity contribution in [2.75, 3.05) is 60.6 Å². The quantitative estimate of drug-likeness (QED) is 0.487. The molecule has 0 atom stereocenters. The molecule has 0 bridgehead atoms. The lowest BCUT2D eigenvalue weighted by molar-refractivity contribution is 0.122. The largest absolute Gasteiger partial charge is 0.490 e. The van der Waals surface area contributed by atoms with Gasteiger partial charge in [-0.3, -0.25) is 4.31 Å². The summed E-state index contributed by atoms with van der Waals surface area (Å²) in [4.78, 5) is 4.46. The molecule has 1 fully saturated rings. The molecule has 3 aromatic carbocycles. The number of fused-ring (bicyclic) bond motifs is 1. The second-order valence-electron chi connectivity index (χ2n) is 8.66.